The molecule has 3 nitrogen and oxygen atoms in total. The molecule has 3 heteroatoms. The minimum atomic E-state index is -0.347. The summed E-state index contributed by atoms with van der Waals surface area (Å²) in [6, 6.07) is 10.7. The largest absolute Gasteiger partial charge is 0.368 e. The first-order chi connectivity index (χ1) is 7.72. The van der Waals surface area contributed by atoms with Crippen molar-refractivity contribution >= 4 is 5.69 Å². The summed E-state index contributed by atoms with van der Waals surface area (Å²) in [5.74, 6) is 0. The van der Waals surface area contributed by atoms with E-state index in [4.69, 9.17) is 11.0 Å². The Kier molecular flexibility index (Phi) is 3.12. The third kappa shape index (κ3) is 2.02. The van der Waals surface area contributed by atoms with Crippen molar-refractivity contribution in [2.45, 2.75) is 31.8 Å². The van der Waals surface area contributed by atoms with Crippen LogP contribution in [0.5, 0.6) is 0 Å². The molecule has 2 unspecified atom stereocenters. The van der Waals surface area contributed by atoms with E-state index in [9.17, 15) is 0 Å². The third-order valence-electron chi connectivity index (χ3n) is 3.20. The Bertz CT molecular complexity index is 408. The summed E-state index contributed by atoms with van der Waals surface area (Å²) >= 11 is 0. The van der Waals surface area contributed by atoms with E-state index >= 15 is 0 Å². The molecule has 0 bridgehead atoms. The van der Waals surface area contributed by atoms with Crippen LogP contribution in [-0.2, 0) is 6.42 Å². The lowest BCUT2D eigenvalue weighted by molar-refractivity contribution is 0.625. The first-order valence-corrected chi connectivity index (χ1v) is 5.72. The molecule has 1 aliphatic rings. The zero-order chi connectivity index (χ0) is 11.5. The summed E-state index contributed by atoms with van der Waals surface area (Å²) < 4.78 is 0. The lowest BCUT2D eigenvalue weighted by Gasteiger charge is -2.25. The van der Waals surface area contributed by atoms with Gasteiger partial charge in [0.2, 0.25) is 0 Å². The van der Waals surface area contributed by atoms with Gasteiger partial charge in [-0.2, -0.15) is 5.26 Å². The molecule has 0 spiro atoms. The average molecular weight is 215 g/mol. The molecule has 2 atom stereocenters. The second kappa shape index (κ2) is 4.54. The summed E-state index contributed by atoms with van der Waals surface area (Å²) in [4.78, 5) is 2.35. The highest BCUT2D eigenvalue weighted by Gasteiger charge is 2.25. The van der Waals surface area contributed by atoms with Crippen LogP contribution >= 0.6 is 0 Å². The highest BCUT2D eigenvalue weighted by molar-refractivity contribution is 5.59. The van der Waals surface area contributed by atoms with Crippen molar-refractivity contribution in [1.82, 2.24) is 0 Å². The molecule has 16 heavy (non-hydrogen) atoms. The molecular weight excluding hydrogens is 198 g/mol. The van der Waals surface area contributed by atoms with Gasteiger partial charge < -0.3 is 10.6 Å². The van der Waals surface area contributed by atoms with Crippen LogP contribution in [-0.4, -0.2) is 18.6 Å². The highest BCUT2D eigenvalue weighted by Crippen LogP contribution is 2.31. The molecule has 0 amide bonds. The van der Waals surface area contributed by atoms with E-state index in [1.54, 1.807) is 0 Å². The van der Waals surface area contributed by atoms with Crippen LogP contribution in [0.3, 0.4) is 0 Å². The van der Waals surface area contributed by atoms with Gasteiger partial charge in [0, 0.05) is 18.3 Å². The Balaban J connectivity index is 2.08. The van der Waals surface area contributed by atoms with Gasteiger partial charge in [-0.05, 0) is 31.4 Å². The quantitative estimate of drug-likeness (QED) is 0.834. The van der Waals surface area contributed by atoms with Gasteiger partial charge in [0.15, 0.2) is 0 Å². The molecule has 1 aromatic carbocycles. The van der Waals surface area contributed by atoms with Gasteiger partial charge in [0.1, 0.15) is 0 Å². The van der Waals surface area contributed by atoms with Crippen molar-refractivity contribution in [1.29, 1.82) is 5.26 Å². The Morgan fingerprint density at radius 2 is 2.31 bits per heavy atom. The van der Waals surface area contributed by atoms with E-state index in [0.717, 1.165) is 19.4 Å². The number of para-hydroxylation sites is 1. The third-order valence-corrected chi connectivity index (χ3v) is 3.20. The minimum Gasteiger partial charge on any atom is -0.368 e. The maximum atomic E-state index is 8.68. The van der Waals surface area contributed by atoms with Gasteiger partial charge >= 0.3 is 0 Å². The van der Waals surface area contributed by atoms with E-state index in [0.29, 0.717) is 6.04 Å². The van der Waals surface area contributed by atoms with Crippen LogP contribution in [0.25, 0.3) is 0 Å². The van der Waals surface area contributed by atoms with Gasteiger partial charge in [0.05, 0.1) is 12.1 Å². The van der Waals surface area contributed by atoms with Crippen LogP contribution in [0.1, 0.15) is 18.9 Å². The first kappa shape index (κ1) is 11.0. The van der Waals surface area contributed by atoms with Crippen LogP contribution in [0.4, 0.5) is 5.69 Å². The monoisotopic (exact) mass is 215 g/mol. The number of nitrogens with two attached hydrogens (primary N) is 1. The molecule has 2 N–H and O–H groups in total. The van der Waals surface area contributed by atoms with Crippen molar-refractivity contribution in [3.8, 4) is 6.07 Å². The fourth-order valence-corrected chi connectivity index (χ4v) is 2.31. The average Bonchev–Trinajstić information content (AvgIpc) is 2.62. The number of nitrogens with zero attached hydrogens (tertiary/aromatic N) is 2. The molecular formula is C13H17N3. The summed E-state index contributed by atoms with van der Waals surface area (Å²) in [6.45, 7) is 3.09. The second-order valence-electron chi connectivity index (χ2n) is 4.40. The van der Waals surface area contributed by atoms with Gasteiger partial charge in [-0.15, -0.1) is 0 Å². The van der Waals surface area contributed by atoms with E-state index in [1.807, 2.05) is 0 Å². The molecule has 1 heterocycles. The van der Waals surface area contributed by atoms with Gasteiger partial charge in [0.25, 0.3) is 0 Å². The molecule has 2 rings (SSSR count). The molecule has 1 aliphatic heterocycles. The molecule has 0 radical (unpaired) electrons. The van der Waals surface area contributed by atoms with Crippen molar-refractivity contribution in [2.75, 3.05) is 11.4 Å². The van der Waals surface area contributed by atoms with Crippen LogP contribution in [0, 0.1) is 11.3 Å². The number of nitriles is 1. The van der Waals surface area contributed by atoms with Crippen molar-refractivity contribution in [3.05, 3.63) is 29.8 Å². The van der Waals surface area contributed by atoms with E-state index < -0.39 is 0 Å². The number of benzene rings is 1. The maximum Gasteiger partial charge on any atom is 0.0944 e. The molecule has 0 fully saturated rings. The summed E-state index contributed by atoms with van der Waals surface area (Å²) in [6.07, 6.45) is 1.83. The normalized spacial score (nSPS) is 20.3. The molecule has 84 valence electrons. The Morgan fingerprint density at radius 1 is 1.56 bits per heavy atom. The van der Waals surface area contributed by atoms with Crippen LogP contribution in [0.2, 0.25) is 0 Å². The fraction of sp³-hybridized carbons (Fsp3) is 0.462. The summed E-state index contributed by atoms with van der Waals surface area (Å²) in [7, 11) is 0. The molecule has 0 aromatic heterocycles. The predicted octanol–water partition coefficient (Wildman–Crippen LogP) is 1.68. The topological polar surface area (TPSA) is 53.0 Å². The molecule has 0 aliphatic carbocycles. The minimum absolute atomic E-state index is 0.347. The van der Waals surface area contributed by atoms with Crippen LogP contribution < -0.4 is 10.6 Å². The summed E-state index contributed by atoms with van der Waals surface area (Å²) in [5, 5.41) is 8.68. The van der Waals surface area contributed by atoms with E-state index in [1.165, 1.54) is 11.3 Å². The zero-order valence-corrected chi connectivity index (χ0v) is 9.56. The van der Waals surface area contributed by atoms with Crippen molar-refractivity contribution in [3.63, 3.8) is 0 Å². The molecule has 0 saturated carbocycles. The van der Waals surface area contributed by atoms with E-state index in [2.05, 4.69) is 42.2 Å². The van der Waals surface area contributed by atoms with Crippen LogP contribution in [0.15, 0.2) is 24.3 Å². The Hall–Kier alpha value is -1.53. The highest BCUT2D eigenvalue weighted by atomic mass is 15.2. The number of hydrogen-bond donors (Lipinski definition) is 1. The number of fused-ring (bicyclic) bond motifs is 1. The Morgan fingerprint density at radius 3 is 3.06 bits per heavy atom. The number of hydrogen-bond acceptors (Lipinski definition) is 3. The zero-order valence-electron chi connectivity index (χ0n) is 9.56. The van der Waals surface area contributed by atoms with Gasteiger partial charge in [-0.1, -0.05) is 18.2 Å². The van der Waals surface area contributed by atoms with Gasteiger partial charge in [-0.3, -0.25) is 0 Å². The predicted molar refractivity (Wildman–Crippen MR) is 65.2 cm³/mol. The molecule has 1 aromatic rings. The Labute approximate surface area is 96.5 Å². The number of anilines is 1. The maximum absolute atomic E-state index is 8.68. The fourth-order valence-electron chi connectivity index (χ4n) is 2.31. The lowest BCUT2D eigenvalue weighted by atomic mass is 10.1. The van der Waals surface area contributed by atoms with Crippen molar-refractivity contribution < 1.29 is 0 Å². The SMILES string of the molecule is CC1Cc2ccccc2N1CCC(N)C#N. The lowest BCUT2D eigenvalue weighted by Crippen LogP contribution is -2.33. The molecule has 0 saturated heterocycles. The first-order valence-electron chi connectivity index (χ1n) is 5.72. The summed E-state index contributed by atoms with van der Waals surface area (Å²) in [5.41, 5.74) is 8.34. The van der Waals surface area contributed by atoms with Crippen molar-refractivity contribution in [2.24, 2.45) is 5.73 Å². The standard InChI is InChI=1S/C13H17N3/c1-10-8-11-4-2-3-5-13(11)16(10)7-6-12(15)9-14/h2-5,10,12H,6-8,15H2,1H3. The second-order valence-corrected chi connectivity index (χ2v) is 4.40. The number of rotatable bonds is 3. The van der Waals surface area contributed by atoms with Gasteiger partial charge in [-0.25, -0.2) is 0 Å². The van der Waals surface area contributed by atoms with E-state index in [-0.39, 0.29) is 6.04 Å². The smallest absolute Gasteiger partial charge is 0.0944 e.